The summed E-state index contributed by atoms with van der Waals surface area (Å²) in [4.78, 5) is 0. The summed E-state index contributed by atoms with van der Waals surface area (Å²) >= 11 is 0. The van der Waals surface area contributed by atoms with Gasteiger partial charge in [-0.2, -0.15) is 33.7 Å². The van der Waals surface area contributed by atoms with Crippen LogP contribution >= 0.6 is 0 Å². The minimum Gasteiger partial charge on any atom is -0.264 e. The Morgan fingerprint density at radius 1 is 0.481 bits per heavy atom. The Bertz CT molecular complexity index is 744. The van der Waals surface area contributed by atoms with Crippen molar-refractivity contribution < 1.29 is 70.1 Å². The van der Waals surface area contributed by atoms with Gasteiger partial charge in [-0.3, -0.25) is 36.4 Å². The Balaban J connectivity index is -0.000000124. The number of hydrogen-bond donors (Lipinski definition) is 8. The van der Waals surface area contributed by atoms with Crippen molar-refractivity contribution in [1.29, 1.82) is 0 Å². The van der Waals surface area contributed by atoms with Gasteiger partial charge < -0.3 is 0 Å². The molecular weight excluding hydrogens is 468 g/mol. The lowest BCUT2D eigenvalue weighted by molar-refractivity contribution is 0.378. The van der Waals surface area contributed by atoms with Crippen LogP contribution in [0.25, 0.3) is 0 Å². The van der Waals surface area contributed by atoms with E-state index in [1.165, 1.54) is 5.56 Å². The Labute approximate surface area is 154 Å². The number of aryl methyl sites for hydroxylation is 1. The van der Waals surface area contributed by atoms with E-state index in [4.69, 9.17) is 70.1 Å². The molecule has 27 heavy (non-hydrogen) atoms. The predicted octanol–water partition coefficient (Wildman–Crippen LogP) is -0.616. The van der Waals surface area contributed by atoms with E-state index in [-0.39, 0.29) is 0 Å². The maximum Gasteiger partial charge on any atom is 0.394 e. The summed E-state index contributed by atoms with van der Waals surface area (Å²) in [5.41, 5.74) is 1.32. The fourth-order valence-electron chi connectivity index (χ4n) is 0.534. The topological polar surface area (TPSA) is 298 Å². The quantitative estimate of drug-likeness (QED) is 0.213. The summed E-state index contributed by atoms with van der Waals surface area (Å²) in [5.74, 6) is 0. The molecule has 1 aromatic rings. The molecule has 0 heterocycles. The standard InChI is InChI=1S/C7H8.4H2O4S/c1-7-5-3-2-4-6-7;4*1-5(2,3)4/h2-6H,1H3;4*(H2,1,2,3,4). The Morgan fingerprint density at radius 2 is 0.630 bits per heavy atom. The third-order valence-electron chi connectivity index (χ3n) is 0.940. The SMILES string of the molecule is Cc1ccccc1.O=S(=O)(O)O.O=S(=O)(O)O.O=S(=O)(O)O.O=S(=O)(O)O. The van der Waals surface area contributed by atoms with Gasteiger partial charge in [-0.25, -0.2) is 0 Å². The summed E-state index contributed by atoms with van der Waals surface area (Å²) in [6.07, 6.45) is 0. The highest BCUT2D eigenvalue weighted by Crippen LogP contribution is 1.92. The van der Waals surface area contributed by atoms with Gasteiger partial charge >= 0.3 is 41.6 Å². The first-order valence-corrected chi connectivity index (χ1v) is 10.8. The minimum absolute atomic E-state index is 1.32. The Kier molecular flexibility index (Phi) is 18.2. The molecular formula is C7H16O16S4. The van der Waals surface area contributed by atoms with Crippen molar-refractivity contribution in [3.63, 3.8) is 0 Å². The van der Waals surface area contributed by atoms with E-state index in [1.807, 2.05) is 18.2 Å². The second-order valence-corrected chi connectivity index (χ2v) is 7.03. The molecule has 0 amide bonds. The van der Waals surface area contributed by atoms with Crippen LogP contribution in [-0.4, -0.2) is 70.1 Å². The van der Waals surface area contributed by atoms with Crippen molar-refractivity contribution >= 4 is 41.6 Å². The van der Waals surface area contributed by atoms with Crippen LogP contribution < -0.4 is 0 Å². The first-order valence-electron chi connectivity index (χ1n) is 5.20. The van der Waals surface area contributed by atoms with Crippen LogP contribution in [0.5, 0.6) is 0 Å². The summed E-state index contributed by atoms with van der Waals surface area (Å²) < 4.78 is 126. The molecule has 1 rings (SSSR count). The molecule has 0 aliphatic rings. The van der Waals surface area contributed by atoms with Gasteiger partial charge in [-0.15, -0.1) is 0 Å². The van der Waals surface area contributed by atoms with E-state index >= 15 is 0 Å². The Hall–Kier alpha value is -1.30. The molecule has 20 heteroatoms. The highest BCUT2D eigenvalue weighted by Gasteiger charge is 1.86. The number of benzene rings is 1. The molecule has 0 unspecified atom stereocenters. The lowest BCUT2D eigenvalue weighted by Crippen LogP contribution is -1.89. The zero-order valence-corrected chi connectivity index (χ0v) is 16.1. The van der Waals surface area contributed by atoms with Gasteiger partial charge in [0.1, 0.15) is 0 Å². The fourth-order valence-corrected chi connectivity index (χ4v) is 0.534. The van der Waals surface area contributed by atoms with Gasteiger partial charge in [0.2, 0.25) is 0 Å². The highest BCUT2D eigenvalue weighted by molar-refractivity contribution is 7.80. The third kappa shape index (κ3) is 284. The zero-order chi connectivity index (χ0) is 23.1. The molecule has 0 aromatic heterocycles. The van der Waals surface area contributed by atoms with E-state index in [0.29, 0.717) is 0 Å². The molecule has 0 aliphatic heterocycles. The molecule has 0 bridgehead atoms. The predicted molar refractivity (Wildman–Crippen MR) is 87.9 cm³/mol. The van der Waals surface area contributed by atoms with Gasteiger partial charge in [-0.05, 0) is 6.92 Å². The van der Waals surface area contributed by atoms with Crippen molar-refractivity contribution in [1.82, 2.24) is 0 Å². The molecule has 164 valence electrons. The lowest BCUT2D eigenvalue weighted by Gasteiger charge is -1.82. The average Bonchev–Trinajstić information content (AvgIpc) is 2.19. The molecule has 0 saturated heterocycles. The van der Waals surface area contributed by atoms with Crippen molar-refractivity contribution in [2.45, 2.75) is 6.92 Å². The van der Waals surface area contributed by atoms with Crippen LogP contribution in [0.4, 0.5) is 0 Å². The minimum atomic E-state index is -4.67. The number of hydrogen-bond acceptors (Lipinski definition) is 8. The molecule has 0 spiro atoms. The largest absolute Gasteiger partial charge is 0.394 e. The van der Waals surface area contributed by atoms with Crippen LogP contribution in [0.1, 0.15) is 5.56 Å². The monoisotopic (exact) mass is 484 g/mol. The van der Waals surface area contributed by atoms with Gasteiger partial charge in [0, 0.05) is 0 Å². The first kappa shape index (κ1) is 33.3. The molecule has 8 N–H and O–H groups in total. The smallest absolute Gasteiger partial charge is 0.264 e. The third-order valence-corrected chi connectivity index (χ3v) is 0.940. The maximum absolute atomic E-state index is 8.74. The maximum atomic E-state index is 8.74. The van der Waals surface area contributed by atoms with Gasteiger partial charge in [0.15, 0.2) is 0 Å². The van der Waals surface area contributed by atoms with E-state index in [0.717, 1.165) is 0 Å². The van der Waals surface area contributed by atoms with E-state index in [2.05, 4.69) is 19.1 Å². The van der Waals surface area contributed by atoms with Crippen LogP contribution in [0.2, 0.25) is 0 Å². The molecule has 0 fully saturated rings. The van der Waals surface area contributed by atoms with Crippen molar-refractivity contribution in [2.75, 3.05) is 0 Å². The molecule has 0 radical (unpaired) electrons. The second kappa shape index (κ2) is 14.7. The molecule has 0 saturated carbocycles. The van der Waals surface area contributed by atoms with Crippen molar-refractivity contribution in [3.05, 3.63) is 35.9 Å². The van der Waals surface area contributed by atoms with Crippen molar-refractivity contribution in [2.24, 2.45) is 0 Å². The zero-order valence-electron chi connectivity index (χ0n) is 12.9. The van der Waals surface area contributed by atoms with Crippen LogP contribution in [0.15, 0.2) is 30.3 Å². The summed E-state index contributed by atoms with van der Waals surface area (Å²) in [6.45, 7) is 2.08. The molecule has 0 aliphatic carbocycles. The van der Waals surface area contributed by atoms with Gasteiger partial charge in [0.25, 0.3) is 0 Å². The van der Waals surface area contributed by atoms with Crippen LogP contribution in [0, 0.1) is 6.92 Å². The molecule has 16 nitrogen and oxygen atoms in total. The number of rotatable bonds is 0. The Morgan fingerprint density at radius 3 is 0.704 bits per heavy atom. The van der Waals surface area contributed by atoms with Crippen LogP contribution in [0.3, 0.4) is 0 Å². The average molecular weight is 484 g/mol. The van der Waals surface area contributed by atoms with Crippen LogP contribution in [-0.2, 0) is 41.6 Å². The molecule has 1 aromatic carbocycles. The second-order valence-electron chi connectivity index (χ2n) is 3.45. The van der Waals surface area contributed by atoms with E-state index in [1.54, 1.807) is 0 Å². The summed E-state index contributed by atoms with van der Waals surface area (Å²) in [7, 11) is -18.7. The highest BCUT2D eigenvalue weighted by atomic mass is 32.3. The van der Waals surface area contributed by atoms with Gasteiger partial charge in [-0.1, -0.05) is 35.9 Å². The van der Waals surface area contributed by atoms with E-state index < -0.39 is 41.6 Å². The van der Waals surface area contributed by atoms with Gasteiger partial charge in [0.05, 0.1) is 0 Å². The normalized spacial score (nSPS) is 10.9. The lowest BCUT2D eigenvalue weighted by atomic mass is 10.2. The summed E-state index contributed by atoms with van der Waals surface area (Å²) in [6, 6.07) is 10.3. The first-order chi connectivity index (χ1) is 11.4. The summed E-state index contributed by atoms with van der Waals surface area (Å²) in [5, 5.41) is 0. The molecule has 0 atom stereocenters. The van der Waals surface area contributed by atoms with Crippen molar-refractivity contribution in [3.8, 4) is 0 Å². The van der Waals surface area contributed by atoms with E-state index in [9.17, 15) is 0 Å². The fraction of sp³-hybridized carbons (Fsp3) is 0.143.